The molecule has 1 atom stereocenters. The molecule has 0 saturated heterocycles. The Morgan fingerprint density at radius 3 is 2.95 bits per heavy atom. The first-order valence-corrected chi connectivity index (χ1v) is 7.17. The topological polar surface area (TPSA) is 99.5 Å². The summed E-state index contributed by atoms with van der Waals surface area (Å²) in [5.74, 6) is -1.17. The van der Waals surface area contributed by atoms with Crippen LogP contribution >= 0.6 is 11.6 Å². The van der Waals surface area contributed by atoms with Crippen molar-refractivity contribution >= 4 is 17.6 Å². The van der Waals surface area contributed by atoms with Gasteiger partial charge in [0, 0.05) is 11.6 Å². The number of aromatic amines is 1. The highest BCUT2D eigenvalue weighted by Gasteiger charge is 2.38. The monoisotopic (exact) mass is 320 g/mol. The number of alkyl halides is 1. The fourth-order valence-electron chi connectivity index (χ4n) is 2.26. The number of carbonyl (C=O) groups excluding carboxylic acids is 1. The standard InChI is InChI=1S/C15H14ClN3O3/c1-2-21-15(20)13-12(9-4-3-5-19-8-9)10(7-17)11(6-16)22-14(13)18/h3-5,8,12H,2,6,18H2,1H3/p+1. The molecule has 0 spiro atoms. The molecule has 3 N–H and O–H groups in total. The molecule has 7 heteroatoms. The number of halogens is 1. The first kappa shape index (κ1) is 15.9. The molecule has 0 saturated carbocycles. The fraction of sp³-hybridized carbons (Fsp3) is 0.267. The van der Waals surface area contributed by atoms with E-state index >= 15 is 0 Å². The summed E-state index contributed by atoms with van der Waals surface area (Å²) in [6.45, 7) is 1.88. The second kappa shape index (κ2) is 6.96. The van der Waals surface area contributed by atoms with Crippen molar-refractivity contribution in [2.75, 3.05) is 12.5 Å². The number of esters is 1. The maximum atomic E-state index is 12.2. The predicted octanol–water partition coefficient (Wildman–Crippen LogP) is 1.36. The van der Waals surface area contributed by atoms with Gasteiger partial charge in [-0.05, 0) is 13.0 Å². The van der Waals surface area contributed by atoms with Gasteiger partial charge < -0.3 is 15.2 Å². The third-order valence-corrected chi connectivity index (χ3v) is 3.42. The molecular weight excluding hydrogens is 306 g/mol. The molecule has 1 aromatic heterocycles. The Hall–Kier alpha value is -2.52. The van der Waals surface area contributed by atoms with E-state index in [1.54, 1.807) is 31.5 Å². The minimum atomic E-state index is -0.677. The predicted molar refractivity (Wildman–Crippen MR) is 78.0 cm³/mol. The van der Waals surface area contributed by atoms with E-state index in [9.17, 15) is 10.1 Å². The first-order chi connectivity index (χ1) is 10.6. The third kappa shape index (κ3) is 2.90. The molecule has 1 unspecified atom stereocenters. The highest BCUT2D eigenvalue weighted by molar-refractivity contribution is 6.19. The maximum absolute atomic E-state index is 12.2. The molecule has 0 amide bonds. The summed E-state index contributed by atoms with van der Waals surface area (Å²) >= 11 is 5.82. The number of nitrogens with two attached hydrogens (primary N) is 1. The number of aromatic nitrogens is 1. The number of H-pyrrole nitrogens is 1. The number of nitrogens with one attached hydrogen (secondary N) is 1. The van der Waals surface area contributed by atoms with E-state index in [2.05, 4.69) is 11.1 Å². The van der Waals surface area contributed by atoms with Crippen LogP contribution < -0.4 is 10.7 Å². The Kier molecular flexibility index (Phi) is 5.02. The Morgan fingerprint density at radius 2 is 2.41 bits per heavy atom. The molecule has 114 valence electrons. The van der Waals surface area contributed by atoms with Crippen LogP contribution in [0.3, 0.4) is 0 Å². The number of rotatable bonds is 4. The Morgan fingerprint density at radius 1 is 1.64 bits per heavy atom. The molecule has 0 fully saturated rings. The summed E-state index contributed by atoms with van der Waals surface area (Å²) in [4.78, 5) is 15.2. The lowest BCUT2D eigenvalue weighted by Crippen LogP contribution is -2.27. The number of hydrogen-bond donors (Lipinski definition) is 1. The summed E-state index contributed by atoms with van der Waals surface area (Å²) in [7, 11) is 0. The van der Waals surface area contributed by atoms with Gasteiger partial charge in [0.1, 0.15) is 11.3 Å². The zero-order valence-electron chi connectivity index (χ0n) is 11.9. The average Bonchev–Trinajstić information content (AvgIpc) is 2.54. The largest absolute Gasteiger partial charge is 0.462 e. The van der Waals surface area contributed by atoms with Crippen molar-refractivity contribution in [2.45, 2.75) is 12.8 Å². The van der Waals surface area contributed by atoms with Crippen LogP contribution in [0.2, 0.25) is 0 Å². The highest BCUT2D eigenvalue weighted by atomic mass is 35.5. The summed E-state index contributed by atoms with van der Waals surface area (Å²) in [6.07, 6.45) is 3.41. The van der Waals surface area contributed by atoms with E-state index in [-0.39, 0.29) is 35.3 Å². The van der Waals surface area contributed by atoms with E-state index in [0.29, 0.717) is 5.56 Å². The number of allylic oxidation sites excluding steroid dienone is 2. The van der Waals surface area contributed by atoms with Gasteiger partial charge in [0.25, 0.3) is 0 Å². The summed E-state index contributed by atoms with van der Waals surface area (Å²) in [5.41, 5.74) is 6.90. The van der Waals surface area contributed by atoms with E-state index in [0.717, 1.165) is 0 Å². The lowest BCUT2D eigenvalue weighted by Gasteiger charge is -2.26. The quantitative estimate of drug-likeness (QED) is 0.667. The van der Waals surface area contributed by atoms with E-state index < -0.39 is 11.9 Å². The molecular formula is C15H15ClN3O3+. The minimum absolute atomic E-state index is 0.0211. The van der Waals surface area contributed by atoms with E-state index in [1.807, 2.05) is 0 Å². The second-order valence-electron chi connectivity index (χ2n) is 4.45. The molecule has 2 heterocycles. The van der Waals surface area contributed by atoms with Crippen LogP contribution in [0, 0.1) is 11.3 Å². The molecule has 22 heavy (non-hydrogen) atoms. The maximum Gasteiger partial charge on any atom is 0.340 e. The van der Waals surface area contributed by atoms with Crippen molar-refractivity contribution < 1.29 is 19.3 Å². The molecule has 6 nitrogen and oxygen atoms in total. The zero-order chi connectivity index (χ0) is 16.1. The van der Waals surface area contributed by atoms with E-state index in [4.69, 9.17) is 26.8 Å². The molecule has 1 aliphatic heterocycles. The number of nitriles is 1. The normalized spacial score (nSPS) is 17.8. The fourth-order valence-corrected chi connectivity index (χ4v) is 2.46. The molecule has 1 aromatic rings. The van der Waals surface area contributed by atoms with Crippen LogP contribution in [0.15, 0.2) is 47.3 Å². The van der Waals surface area contributed by atoms with Gasteiger partial charge in [0.2, 0.25) is 5.88 Å². The minimum Gasteiger partial charge on any atom is -0.462 e. The van der Waals surface area contributed by atoms with Crippen LogP contribution in [0.5, 0.6) is 0 Å². The highest BCUT2D eigenvalue weighted by Crippen LogP contribution is 2.39. The lowest BCUT2D eigenvalue weighted by atomic mass is 9.84. The van der Waals surface area contributed by atoms with Crippen molar-refractivity contribution in [2.24, 2.45) is 5.73 Å². The number of carbonyl (C=O) groups is 1. The van der Waals surface area contributed by atoms with Gasteiger partial charge in [-0.3, -0.25) is 0 Å². The number of pyridine rings is 1. The lowest BCUT2D eigenvalue weighted by molar-refractivity contribution is -0.378. The molecule has 1 aliphatic rings. The van der Waals surface area contributed by atoms with Gasteiger partial charge >= 0.3 is 5.97 Å². The SMILES string of the molecule is CCOC(=O)C1=C(N)OC(CCl)=C(C#N)C1c1ccc[nH+]c1. The van der Waals surface area contributed by atoms with Gasteiger partial charge in [-0.15, -0.1) is 11.6 Å². The third-order valence-electron chi connectivity index (χ3n) is 3.18. The molecule has 2 rings (SSSR count). The van der Waals surface area contributed by atoms with Crippen molar-refractivity contribution in [3.05, 3.63) is 52.9 Å². The molecule has 0 bridgehead atoms. The molecule has 0 aliphatic carbocycles. The molecule has 0 aromatic carbocycles. The number of hydrogen-bond acceptors (Lipinski definition) is 5. The average molecular weight is 321 g/mol. The smallest absolute Gasteiger partial charge is 0.340 e. The zero-order valence-corrected chi connectivity index (χ0v) is 12.7. The van der Waals surface area contributed by atoms with Gasteiger partial charge in [-0.2, -0.15) is 5.26 Å². The van der Waals surface area contributed by atoms with Crippen LogP contribution in [0.1, 0.15) is 18.4 Å². The summed E-state index contributed by atoms with van der Waals surface area (Å²) in [5, 5.41) is 9.47. The van der Waals surface area contributed by atoms with Gasteiger partial charge in [0.05, 0.1) is 30.0 Å². The Labute approximate surface area is 132 Å². The van der Waals surface area contributed by atoms with Crippen LogP contribution in [-0.2, 0) is 14.3 Å². The second-order valence-corrected chi connectivity index (χ2v) is 4.72. The summed E-state index contributed by atoms with van der Waals surface area (Å²) < 4.78 is 10.4. The van der Waals surface area contributed by atoms with Gasteiger partial charge in [0.15, 0.2) is 12.4 Å². The van der Waals surface area contributed by atoms with Crippen molar-refractivity contribution in [1.29, 1.82) is 5.26 Å². The van der Waals surface area contributed by atoms with Crippen molar-refractivity contribution in [1.82, 2.24) is 0 Å². The van der Waals surface area contributed by atoms with Crippen LogP contribution in [0.25, 0.3) is 0 Å². The molecule has 0 radical (unpaired) electrons. The Bertz CT molecular complexity index is 677. The number of nitrogens with zero attached hydrogens (tertiary/aromatic N) is 1. The van der Waals surface area contributed by atoms with E-state index in [1.165, 1.54) is 0 Å². The van der Waals surface area contributed by atoms with Gasteiger partial charge in [-0.25, -0.2) is 9.78 Å². The van der Waals surface area contributed by atoms with Crippen molar-refractivity contribution in [3.8, 4) is 6.07 Å². The first-order valence-electron chi connectivity index (χ1n) is 6.63. The van der Waals surface area contributed by atoms with Crippen molar-refractivity contribution in [3.63, 3.8) is 0 Å². The number of ether oxygens (including phenoxy) is 2. The van der Waals surface area contributed by atoms with Crippen LogP contribution in [0.4, 0.5) is 0 Å². The van der Waals surface area contributed by atoms with Gasteiger partial charge in [-0.1, -0.05) is 0 Å². The Balaban J connectivity index is 2.61. The van der Waals surface area contributed by atoms with Crippen LogP contribution in [-0.4, -0.2) is 18.5 Å². The summed E-state index contributed by atoms with van der Waals surface area (Å²) in [6, 6.07) is 5.60.